The molecule has 140 valence electrons. The van der Waals surface area contributed by atoms with Crippen LogP contribution in [0.1, 0.15) is 18.9 Å². The lowest BCUT2D eigenvalue weighted by Crippen LogP contribution is -2.44. The molecule has 2 amide bonds. The second-order valence-corrected chi connectivity index (χ2v) is 6.71. The summed E-state index contributed by atoms with van der Waals surface area (Å²) >= 11 is 1.20. The highest BCUT2D eigenvalue weighted by Gasteiger charge is 2.21. The molecule has 2 N–H and O–H groups in total. The molecule has 1 atom stereocenters. The van der Waals surface area contributed by atoms with Gasteiger partial charge in [-0.05, 0) is 24.1 Å². The minimum absolute atomic E-state index is 0.190. The third kappa shape index (κ3) is 5.45. The second-order valence-electron chi connectivity index (χ2n) is 5.76. The van der Waals surface area contributed by atoms with Crippen LogP contribution in [0.4, 0.5) is 19.0 Å². The molecule has 1 aromatic carbocycles. The van der Waals surface area contributed by atoms with Gasteiger partial charge >= 0.3 is 0 Å². The molecule has 0 radical (unpaired) electrons. The number of nitrogens with zero attached hydrogens (tertiary/aromatic N) is 3. The van der Waals surface area contributed by atoms with Gasteiger partial charge in [-0.3, -0.25) is 14.9 Å². The number of rotatable bonds is 7. The van der Waals surface area contributed by atoms with Crippen LogP contribution in [0.25, 0.3) is 0 Å². The van der Waals surface area contributed by atoms with Crippen LogP contribution in [-0.2, 0) is 16.0 Å². The maximum absolute atomic E-state index is 13.2. The zero-order valence-corrected chi connectivity index (χ0v) is 15.4. The first-order chi connectivity index (χ1) is 12.3. The van der Waals surface area contributed by atoms with E-state index in [-0.39, 0.29) is 12.0 Å². The standard InChI is InChI=1S/C16H19F2N5O2S/c1-4-12(14(25)20-15-21-22-16(26-15)23(2)3)19-13(24)7-9-5-10(17)8-11(18)6-9/h5-6,8,12H,4,7H2,1-3H3,(H,19,24)(H,20,21,25). The number of halogens is 2. The van der Waals surface area contributed by atoms with Crippen molar-refractivity contribution in [2.75, 3.05) is 24.3 Å². The van der Waals surface area contributed by atoms with Gasteiger partial charge in [0.05, 0.1) is 6.42 Å². The molecule has 0 saturated heterocycles. The predicted octanol–water partition coefficient (Wildman–Crippen LogP) is 1.96. The molecule has 0 aliphatic heterocycles. The molecule has 0 spiro atoms. The molecule has 0 bridgehead atoms. The Morgan fingerprint density at radius 2 is 1.85 bits per heavy atom. The largest absolute Gasteiger partial charge is 0.353 e. The van der Waals surface area contributed by atoms with E-state index in [2.05, 4.69) is 20.8 Å². The molecule has 2 rings (SSSR count). The first-order valence-corrected chi connectivity index (χ1v) is 8.66. The van der Waals surface area contributed by atoms with Crippen LogP contribution in [0.5, 0.6) is 0 Å². The van der Waals surface area contributed by atoms with E-state index in [9.17, 15) is 18.4 Å². The number of benzene rings is 1. The van der Waals surface area contributed by atoms with Crippen LogP contribution in [-0.4, -0.2) is 42.1 Å². The monoisotopic (exact) mass is 383 g/mol. The summed E-state index contributed by atoms with van der Waals surface area (Å²) in [5.74, 6) is -2.47. The summed E-state index contributed by atoms with van der Waals surface area (Å²) in [6.07, 6.45) is 0.108. The van der Waals surface area contributed by atoms with E-state index in [0.717, 1.165) is 18.2 Å². The topological polar surface area (TPSA) is 87.2 Å². The van der Waals surface area contributed by atoms with Gasteiger partial charge in [-0.15, -0.1) is 10.2 Å². The summed E-state index contributed by atoms with van der Waals surface area (Å²) in [5, 5.41) is 13.9. The highest BCUT2D eigenvalue weighted by molar-refractivity contribution is 7.19. The molecule has 0 aliphatic carbocycles. The van der Waals surface area contributed by atoms with Crippen molar-refractivity contribution in [3.8, 4) is 0 Å². The minimum Gasteiger partial charge on any atom is -0.353 e. The number of nitrogens with one attached hydrogen (secondary N) is 2. The van der Waals surface area contributed by atoms with E-state index in [4.69, 9.17) is 0 Å². The van der Waals surface area contributed by atoms with Crippen LogP contribution in [0.15, 0.2) is 18.2 Å². The summed E-state index contributed by atoms with van der Waals surface area (Å²) in [5.41, 5.74) is 0.190. The average Bonchev–Trinajstić information content (AvgIpc) is 3.00. The predicted molar refractivity (Wildman–Crippen MR) is 95.1 cm³/mol. The number of carbonyl (C=O) groups excluding carboxylic acids is 2. The van der Waals surface area contributed by atoms with E-state index in [1.54, 1.807) is 25.9 Å². The Balaban J connectivity index is 1.96. The zero-order chi connectivity index (χ0) is 19.3. The number of anilines is 2. The third-order valence-electron chi connectivity index (χ3n) is 3.37. The van der Waals surface area contributed by atoms with Gasteiger partial charge in [0.25, 0.3) is 0 Å². The summed E-state index contributed by atoms with van der Waals surface area (Å²) < 4.78 is 26.4. The molecular weight excluding hydrogens is 364 g/mol. The van der Waals surface area contributed by atoms with E-state index >= 15 is 0 Å². The molecule has 1 unspecified atom stereocenters. The van der Waals surface area contributed by atoms with Crippen molar-refractivity contribution in [3.05, 3.63) is 35.4 Å². The number of aromatic nitrogens is 2. The summed E-state index contributed by atoms with van der Waals surface area (Å²) in [6, 6.07) is 2.09. The molecule has 0 fully saturated rings. The van der Waals surface area contributed by atoms with Gasteiger partial charge in [-0.25, -0.2) is 8.78 Å². The van der Waals surface area contributed by atoms with E-state index < -0.39 is 29.5 Å². The van der Waals surface area contributed by atoms with Crippen LogP contribution in [0.3, 0.4) is 0 Å². The third-order valence-corrected chi connectivity index (χ3v) is 4.38. The highest BCUT2D eigenvalue weighted by atomic mass is 32.1. The molecule has 2 aromatic rings. The maximum Gasteiger partial charge on any atom is 0.248 e. The Hall–Kier alpha value is -2.62. The van der Waals surface area contributed by atoms with Crippen molar-refractivity contribution >= 4 is 33.4 Å². The molecule has 0 saturated carbocycles. The quantitative estimate of drug-likeness (QED) is 0.763. The molecule has 10 heteroatoms. The second kappa shape index (κ2) is 8.65. The molecule has 26 heavy (non-hydrogen) atoms. The molecule has 7 nitrogen and oxygen atoms in total. The SMILES string of the molecule is CCC(NC(=O)Cc1cc(F)cc(F)c1)C(=O)Nc1nnc(N(C)C)s1. The Morgan fingerprint density at radius 3 is 2.38 bits per heavy atom. The van der Waals surface area contributed by atoms with Crippen LogP contribution in [0.2, 0.25) is 0 Å². The summed E-state index contributed by atoms with van der Waals surface area (Å²) in [7, 11) is 3.60. The Kier molecular flexibility index (Phi) is 6.56. The normalized spacial score (nSPS) is 11.7. The zero-order valence-electron chi connectivity index (χ0n) is 14.5. The summed E-state index contributed by atoms with van der Waals surface area (Å²) in [4.78, 5) is 26.1. The van der Waals surface area contributed by atoms with Crippen molar-refractivity contribution < 1.29 is 18.4 Å². The molecule has 0 aliphatic rings. The number of amides is 2. The highest BCUT2D eigenvalue weighted by Crippen LogP contribution is 2.22. The number of hydrogen-bond donors (Lipinski definition) is 2. The van der Waals surface area contributed by atoms with Crippen molar-refractivity contribution in [1.82, 2.24) is 15.5 Å². The van der Waals surface area contributed by atoms with Crippen LogP contribution in [0, 0.1) is 11.6 Å². The smallest absolute Gasteiger partial charge is 0.248 e. The van der Waals surface area contributed by atoms with Gasteiger partial charge in [0.15, 0.2) is 0 Å². The lowest BCUT2D eigenvalue weighted by atomic mass is 10.1. The van der Waals surface area contributed by atoms with Crippen molar-refractivity contribution in [1.29, 1.82) is 0 Å². The lowest BCUT2D eigenvalue weighted by Gasteiger charge is -2.15. The van der Waals surface area contributed by atoms with Crippen molar-refractivity contribution in [3.63, 3.8) is 0 Å². The van der Waals surface area contributed by atoms with Gasteiger partial charge in [0, 0.05) is 20.2 Å². The Labute approximate surface area is 153 Å². The fourth-order valence-electron chi connectivity index (χ4n) is 2.14. The molecule has 1 aromatic heterocycles. The van der Waals surface area contributed by atoms with Gasteiger partial charge < -0.3 is 10.2 Å². The van der Waals surface area contributed by atoms with Crippen molar-refractivity contribution in [2.45, 2.75) is 25.8 Å². The Bertz CT molecular complexity index is 776. The number of hydrogen-bond acceptors (Lipinski definition) is 6. The Morgan fingerprint density at radius 1 is 1.19 bits per heavy atom. The molecular formula is C16H19F2N5O2S. The average molecular weight is 383 g/mol. The summed E-state index contributed by atoms with van der Waals surface area (Å²) in [6.45, 7) is 1.73. The van der Waals surface area contributed by atoms with Crippen LogP contribution < -0.4 is 15.5 Å². The van der Waals surface area contributed by atoms with Crippen LogP contribution >= 0.6 is 11.3 Å². The fourth-order valence-corrected chi connectivity index (χ4v) is 2.81. The number of carbonyl (C=O) groups is 2. The lowest BCUT2D eigenvalue weighted by molar-refractivity contribution is -0.126. The van der Waals surface area contributed by atoms with E-state index in [0.29, 0.717) is 16.7 Å². The maximum atomic E-state index is 13.2. The van der Waals surface area contributed by atoms with Gasteiger partial charge in [-0.2, -0.15) is 0 Å². The first-order valence-electron chi connectivity index (χ1n) is 7.84. The minimum atomic E-state index is -0.799. The van der Waals surface area contributed by atoms with Gasteiger partial charge in [-0.1, -0.05) is 18.3 Å². The van der Waals surface area contributed by atoms with Crippen molar-refractivity contribution in [2.24, 2.45) is 0 Å². The van der Waals surface area contributed by atoms with E-state index in [1.807, 2.05) is 0 Å². The fraction of sp³-hybridized carbons (Fsp3) is 0.375. The van der Waals surface area contributed by atoms with E-state index in [1.165, 1.54) is 11.3 Å². The van der Waals surface area contributed by atoms with Gasteiger partial charge in [0.2, 0.25) is 22.1 Å². The molecule has 1 heterocycles. The van der Waals surface area contributed by atoms with Gasteiger partial charge in [0.1, 0.15) is 17.7 Å². The first kappa shape index (κ1) is 19.7.